The molecule has 0 bridgehead atoms. The number of rotatable bonds is 4. The Morgan fingerprint density at radius 1 is 1.26 bits per heavy atom. The van der Waals surface area contributed by atoms with Crippen LogP contribution in [0.1, 0.15) is 28.7 Å². The second-order valence-electron chi connectivity index (χ2n) is 3.98. The van der Waals surface area contributed by atoms with Crippen LogP contribution in [0.15, 0.2) is 41.1 Å². The SMILES string of the molecule is CCc1cccnc1CNC(=O)c1ncccc1Br. The first-order chi connectivity index (χ1) is 9.22. The van der Waals surface area contributed by atoms with Crippen molar-refractivity contribution in [3.05, 3.63) is 58.1 Å². The van der Waals surface area contributed by atoms with Crippen LogP contribution in [0, 0.1) is 0 Å². The predicted octanol–water partition coefficient (Wildman–Crippen LogP) is 2.73. The molecule has 0 atom stereocenters. The van der Waals surface area contributed by atoms with Crippen LogP contribution in [0.25, 0.3) is 0 Å². The summed E-state index contributed by atoms with van der Waals surface area (Å²) in [5.41, 5.74) is 2.42. The van der Waals surface area contributed by atoms with Crippen LogP contribution in [0.3, 0.4) is 0 Å². The van der Waals surface area contributed by atoms with Crippen molar-refractivity contribution in [3.8, 4) is 0 Å². The molecular weight excluding hydrogens is 306 g/mol. The minimum atomic E-state index is -0.208. The van der Waals surface area contributed by atoms with Gasteiger partial charge in [-0.1, -0.05) is 13.0 Å². The van der Waals surface area contributed by atoms with E-state index in [2.05, 4.69) is 38.1 Å². The molecule has 2 rings (SSSR count). The molecule has 0 fully saturated rings. The summed E-state index contributed by atoms with van der Waals surface area (Å²) in [6.45, 7) is 2.48. The molecule has 19 heavy (non-hydrogen) atoms. The van der Waals surface area contributed by atoms with Crippen LogP contribution >= 0.6 is 15.9 Å². The van der Waals surface area contributed by atoms with Crippen LogP contribution < -0.4 is 5.32 Å². The third kappa shape index (κ3) is 3.38. The number of nitrogens with one attached hydrogen (secondary N) is 1. The van der Waals surface area contributed by atoms with E-state index in [4.69, 9.17) is 0 Å². The number of hydrogen-bond acceptors (Lipinski definition) is 3. The van der Waals surface area contributed by atoms with E-state index in [1.54, 1.807) is 24.5 Å². The van der Waals surface area contributed by atoms with Gasteiger partial charge < -0.3 is 5.32 Å². The third-order valence-corrected chi connectivity index (χ3v) is 3.40. The Hall–Kier alpha value is -1.75. The van der Waals surface area contributed by atoms with Crippen LogP contribution in [-0.4, -0.2) is 15.9 Å². The van der Waals surface area contributed by atoms with Gasteiger partial charge in [0.15, 0.2) is 0 Å². The number of carbonyl (C=O) groups excluding carboxylic acids is 1. The molecule has 98 valence electrons. The molecule has 0 spiro atoms. The molecule has 0 aromatic carbocycles. The quantitative estimate of drug-likeness (QED) is 0.942. The van der Waals surface area contributed by atoms with Crippen molar-refractivity contribution in [2.45, 2.75) is 19.9 Å². The van der Waals surface area contributed by atoms with Gasteiger partial charge in [0.2, 0.25) is 0 Å². The highest BCUT2D eigenvalue weighted by Gasteiger charge is 2.11. The number of pyridine rings is 2. The van der Waals surface area contributed by atoms with Gasteiger partial charge in [-0.2, -0.15) is 0 Å². The third-order valence-electron chi connectivity index (χ3n) is 2.76. The molecule has 0 saturated heterocycles. The van der Waals surface area contributed by atoms with E-state index in [1.807, 2.05) is 12.1 Å². The summed E-state index contributed by atoms with van der Waals surface area (Å²) < 4.78 is 0.684. The van der Waals surface area contributed by atoms with Crippen molar-refractivity contribution >= 4 is 21.8 Å². The summed E-state index contributed by atoms with van der Waals surface area (Å²) in [6, 6.07) is 7.49. The summed E-state index contributed by atoms with van der Waals surface area (Å²) in [6.07, 6.45) is 4.22. The molecule has 0 aliphatic rings. The van der Waals surface area contributed by atoms with E-state index in [0.29, 0.717) is 16.7 Å². The fourth-order valence-corrected chi connectivity index (χ4v) is 2.19. The maximum Gasteiger partial charge on any atom is 0.271 e. The molecule has 0 radical (unpaired) electrons. The molecule has 1 N–H and O–H groups in total. The molecule has 0 aliphatic carbocycles. The maximum absolute atomic E-state index is 12.0. The second kappa shape index (κ2) is 6.43. The highest BCUT2D eigenvalue weighted by atomic mass is 79.9. The van der Waals surface area contributed by atoms with Crippen molar-refractivity contribution in [1.82, 2.24) is 15.3 Å². The largest absolute Gasteiger partial charge is 0.345 e. The predicted molar refractivity (Wildman–Crippen MR) is 76.7 cm³/mol. The fraction of sp³-hybridized carbons (Fsp3) is 0.214. The van der Waals surface area contributed by atoms with Gasteiger partial charge >= 0.3 is 0 Å². The van der Waals surface area contributed by atoms with E-state index < -0.39 is 0 Å². The molecule has 2 aromatic rings. The Balaban J connectivity index is 2.07. The van der Waals surface area contributed by atoms with E-state index in [0.717, 1.165) is 17.7 Å². The molecule has 0 unspecified atom stereocenters. The minimum Gasteiger partial charge on any atom is -0.345 e. The Morgan fingerprint density at radius 2 is 2.00 bits per heavy atom. The lowest BCUT2D eigenvalue weighted by Gasteiger charge is -2.08. The molecule has 0 saturated carbocycles. The normalized spacial score (nSPS) is 10.2. The summed E-state index contributed by atoms with van der Waals surface area (Å²) in [5.74, 6) is -0.208. The van der Waals surface area contributed by atoms with Crippen molar-refractivity contribution in [2.75, 3.05) is 0 Å². The number of amides is 1. The van der Waals surface area contributed by atoms with Crippen molar-refractivity contribution in [1.29, 1.82) is 0 Å². The number of hydrogen-bond donors (Lipinski definition) is 1. The molecule has 0 aliphatic heterocycles. The van der Waals surface area contributed by atoms with Crippen molar-refractivity contribution < 1.29 is 4.79 Å². The van der Waals surface area contributed by atoms with Crippen LogP contribution in [0.2, 0.25) is 0 Å². The molecular formula is C14H14BrN3O. The standard InChI is InChI=1S/C14H14BrN3O/c1-2-10-5-3-7-16-12(10)9-18-14(19)13-11(15)6-4-8-17-13/h3-8H,2,9H2,1H3,(H,18,19). The summed E-state index contributed by atoms with van der Waals surface area (Å²) >= 11 is 3.31. The van der Waals surface area contributed by atoms with Gasteiger partial charge in [-0.3, -0.25) is 9.78 Å². The van der Waals surface area contributed by atoms with Gasteiger partial charge in [0.1, 0.15) is 5.69 Å². The lowest BCUT2D eigenvalue weighted by atomic mass is 10.1. The molecule has 5 heteroatoms. The first-order valence-electron chi connectivity index (χ1n) is 6.04. The number of aromatic nitrogens is 2. The number of aryl methyl sites for hydroxylation is 1. The molecule has 2 heterocycles. The highest BCUT2D eigenvalue weighted by molar-refractivity contribution is 9.10. The van der Waals surface area contributed by atoms with Gasteiger partial charge in [-0.05, 0) is 46.1 Å². The summed E-state index contributed by atoms with van der Waals surface area (Å²) in [7, 11) is 0. The fourth-order valence-electron chi connectivity index (χ4n) is 1.75. The number of carbonyl (C=O) groups is 1. The first-order valence-corrected chi connectivity index (χ1v) is 6.83. The minimum absolute atomic E-state index is 0.208. The molecule has 2 aromatic heterocycles. The van der Waals surface area contributed by atoms with Gasteiger partial charge in [0, 0.05) is 16.9 Å². The van der Waals surface area contributed by atoms with Crippen LogP contribution in [-0.2, 0) is 13.0 Å². The Kier molecular flexibility index (Phi) is 4.63. The topological polar surface area (TPSA) is 54.9 Å². The zero-order valence-electron chi connectivity index (χ0n) is 10.6. The molecule has 1 amide bonds. The summed E-state index contributed by atoms with van der Waals surface area (Å²) in [5, 5.41) is 2.84. The van der Waals surface area contributed by atoms with E-state index in [1.165, 1.54) is 0 Å². The van der Waals surface area contributed by atoms with E-state index in [-0.39, 0.29) is 5.91 Å². The smallest absolute Gasteiger partial charge is 0.271 e. The van der Waals surface area contributed by atoms with Crippen molar-refractivity contribution in [2.24, 2.45) is 0 Å². The highest BCUT2D eigenvalue weighted by Crippen LogP contribution is 2.13. The lowest BCUT2D eigenvalue weighted by Crippen LogP contribution is -2.25. The van der Waals surface area contributed by atoms with E-state index in [9.17, 15) is 4.79 Å². The monoisotopic (exact) mass is 319 g/mol. The van der Waals surface area contributed by atoms with Gasteiger partial charge in [-0.25, -0.2) is 4.98 Å². The number of nitrogens with zero attached hydrogens (tertiary/aromatic N) is 2. The maximum atomic E-state index is 12.0. The average Bonchev–Trinajstić information content (AvgIpc) is 2.45. The Bertz CT molecular complexity index is 586. The second-order valence-corrected chi connectivity index (χ2v) is 4.83. The average molecular weight is 320 g/mol. The molecule has 4 nitrogen and oxygen atoms in total. The van der Waals surface area contributed by atoms with E-state index >= 15 is 0 Å². The first kappa shape index (κ1) is 13.7. The zero-order chi connectivity index (χ0) is 13.7. The van der Waals surface area contributed by atoms with Gasteiger partial charge in [0.25, 0.3) is 5.91 Å². The van der Waals surface area contributed by atoms with Crippen molar-refractivity contribution in [3.63, 3.8) is 0 Å². The van der Waals surface area contributed by atoms with Crippen LogP contribution in [0.4, 0.5) is 0 Å². The van der Waals surface area contributed by atoms with Crippen LogP contribution in [0.5, 0.6) is 0 Å². The Morgan fingerprint density at radius 3 is 2.74 bits per heavy atom. The Labute approximate surface area is 120 Å². The van der Waals surface area contributed by atoms with Gasteiger partial charge in [-0.15, -0.1) is 0 Å². The van der Waals surface area contributed by atoms with Gasteiger partial charge in [0.05, 0.1) is 12.2 Å². The number of halogens is 1. The summed E-state index contributed by atoms with van der Waals surface area (Å²) in [4.78, 5) is 20.4. The zero-order valence-corrected chi connectivity index (χ0v) is 12.1. The lowest BCUT2D eigenvalue weighted by molar-refractivity contribution is 0.0944.